The summed E-state index contributed by atoms with van der Waals surface area (Å²) in [5, 5.41) is 24.8. The molecule has 0 spiro atoms. The zero-order valence-electron chi connectivity index (χ0n) is 21.9. The van der Waals surface area contributed by atoms with Gasteiger partial charge in [0.25, 0.3) is 13.7 Å². The zero-order valence-corrected chi connectivity index (χ0v) is 22.9. The molecule has 3 N–H and O–H groups in total. The summed E-state index contributed by atoms with van der Waals surface area (Å²) in [6.45, 7) is 4.46. The molecule has 2 aromatic rings. The summed E-state index contributed by atoms with van der Waals surface area (Å²) >= 11 is 0. The minimum atomic E-state index is -3.52. The first kappa shape index (κ1) is 31.0. The zero-order chi connectivity index (χ0) is 29.4. The number of aromatic nitrogens is 2. The van der Waals surface area contributed by atoms with Crippen LogP contribution in [0.25, 0.3) is 10.4 Å². The predicted molar refractivity (Wildman–Crippen MR) is 139 cm³/mol. The van der Waals surface area contributed by atoms with Gasteiger partial charge in [-0.2, -0.15) is 0 Å². The van der Waals surface area contributed by atoms with E-state index in [9.17, 15) is 34.7 Å². The number of hydroxylamine groups is 1. The van der Waals surface area contributed by atoms with Crippen LogP contribution in [-0.4, -0.2) is 67.8 Å². The lowest BCUT2D eigenvalue weighted by Crippen LogP contribution is -2.45. The number of aromatic amines is 1. The van der Waals surface area contributed by atoms with E-state index in [0.29, 0.717) is 0 Å². The van der Waals surface area contributed by atoms with Crippen LogP contribution in [0, 0.1) is 5.92 Å². The van der Waals surface area contributed by atoms with Crippen LogP contribution in [0.2, 0.25) is 0 Å². The number of H-pyrrole nitrogens is 1. The van der Waals surface area contributed by atoms with Crippen LogP contribution >= 0.6 is 8.18 Å². The maximum absolute atomic E-state index is 13.5. The van der Waals surface area contributed by atoms with Gasteiger partial charge >= 0.3 is 11.7 Å². The smallest absolute Gasteiger partial charge is 0.330 e. The SMILES string of the molecule is CCOC(=O)C(CC(C)C)N(Oc1ccccc1)[PH](=O)OC[C@@]1(N=[N+]=[N-])O[C@@H](n2ccc(=O)[nH]c2=O)[C@H](O)[C@@H]1O. The van der Waals surface area contributed by atoms with E-state index in [0.717, 1.165) is 21.7 Å². The van der Waals surface area contributed by atoms with Crippen LogP contribution in [-0.2, 0) is 23.4 Å². The second kappa shape index (κ2) is 13.7. The Hall–Kier alpha value is -3.49. The number of carbonyl (C=O) groups excluding carboxylic acids is 1. The van der Waals surface area contributed by atoms with Gasteiger partial charge in [-0.25, -0.2) is 4.79 Å². The molecule has 0 saturated carbocycles. The van der Waals surface area contributed by atoms with Crippen molar-refractivity contribution in [3.05, 3.63) is 73.9 Å². The molecule has 2 heterocycles. The molecule has 0 radical (unpaired) electrons. The average Bonchev–Trinajstić information content (AvgIpc) is 3.15. The molecule has 6 atom stereocenters. The predicted octanol–water partition coefficient (Wildman–Crippen LogP) is 1.47. The Bertz CT molecular complexity index is 1350. The molecule has 40 heavy (non-hydrogen) atoms. The molecule has 0 aliphatic carbocycles. The second-order valence-corrected chi connectivity index (χ2v) is 10.4. The van der Waals surface area contributed by atoms with Crippen molar-refractivity contribution in [2.45, 2.75) is 57.4 Å². The minimum absolute atomic E-state index is 0.0534. The minimum Gasteiger partial charge on any atom is -0.465 e. The molecular formula is C23H31N6O10P. The van der Waals surface area contributed by atoms with Crippen LogP contribution in [0.4, 0.5) is 0 Å². The van der Waals surface area contributed by atoms with Gasteiger partial charge in [-0.15, -0.1) is 0 Å². The summed E-state index contributed by atoms with van der Waals surface area (Å²) in [4.78, 5) is 47.8. The number of nitrogens with zero attached hydrogens (tertiary/aromatic N) is 5. The second-order valence-electron chi connectivity index (χ2n) is 9.18. The molecule has 218 valence electrons. The number of rotatable bonds is 13. The van der Waals surface area contributed by atoms with Crippen LogP contribution in [0.1, 0.15) is 33.4 Å². The number of hydrogen-bond acceptors (Lipinski definition) is 11. The molecule has 0 bridgehead atoms. The van der Waals surface area contributed by atoms with Gasteiger partial charge in [-0.3, -0.25) is 23.7 Å². The van der Waals surface area contributed by atoms with Crippen molar-refractivity contribution in [3.63, 3.8) is 0 Å². The van der Waals surface area contributed by atoms with Gasteiger partial charge in [0.2, 0.25) is 5.72 Å². The van der Waals surface area contributed by atoms with Crippen LogP contribution in [0.3, 0.4) is 0 Å². The largest absolute Gasteiger partial charge is 0.465 e. The summed E-state index contributed by atoms with van der Waals surface area (Å²) in [7, 11) is -3.52. The van der Waals surface area contributed by atoms with E-state index in [2.05, 4.69) is 10.0 Å². The number of aliphatic hydroxyl groups is 2. The van der Waals surface area contributed by atoms with E-state index < -0.39 is 62.2 Å². The van der Waals surface area contributed by atoms with Gasteiger partial charge in [0.15, 0.2) is 12.3 Å². The summed E-state index contributed by atoms with van der Waals surface area (Å²) in [5.74, 6) is -0.548. The van der Waals surface area contributed by atoms with E-state index in [1.54, 1.807) is 37.3 Å². The third kappa shape index (κ3) is 7.17. The molecule has 1 aliphatic rings. The van der Waals surface area contributed by atoms with E-state index in [1.165, 1.54) is 0 Å². The number of para-hydroxylation sites is 1. The Labute approximate surface area is 228 Å². The lowest BCUT2D eigenvalue weighted by Gasteiger charge is -2.31. The Morgan fingerprint density at radius 1 is 1.30 bits per heavy atom. The fourth-order valence-corrected chi connectivity index (χ4v) is 5.05. The number of carbonyl (C=O) groups is 1. The average molecular weight is 583 g/mol. The molecule has 16 nitrogen and oxygen atoms in total. The molecule has 1 aliphatic heterocycles. The highest BCUT2D eigenvalue weighted by molar-refractivity contribution is 7.36. The highest BCUT2D eigenvalue weighted by Gasteiger charge is 2.56. The van der Waals surface area contributed by atoms with Crippen molar-refractivity contribution in [3.8, 4) is 5.75 Å². The molecule has 1 fully saturated rings. The topological polar surface area (TPSA) is 218 Å². The summed E-state index contributed by atoms with van der Waals surface area (Å²) < 4.78 is 30.6. The van der Waals surface area contributed by atoms with Gasteiger partial charge in [0.05, 0.1) is 13.2 Å². The normalized spacial score (nSPS) is 23.9. The van der Waals surface area contributed by atoms with Gasteiger partial charge in [0.1, 0.15) is 18.0 Å². The maximum Gasteiger partial charge on any atom is 0.330 e. The summed E-state index contributed by atoms with van der Waals surface area (Å²) in [6, 6.07) is 7.98. The van der Waals surface area contributed by atoms with Crippen LogP contribution < -0.4 is 16.1 Å². The van der Waals surface area contributed by atoms with E-state index in [4.69, 9.17) is 18.8 Å². The number of hydrogen-bond donors (Lipinski definition) is 3. The van der Waals surface area contributed by atoms with Crippen molar-refractivity contribution in [1.82, 2.24) is 14.4 Å². The number of nitrogens with one attached hydrogen (secondary N) is 1. The van der Waals surface area contributed by atoms with Crippen LogP contribution in [0.5, 0.6) is 5.75 Å². The third-order valence-corrected chi connectivity index (χ3v) is 6.96. The van der Waals surface area contributed by atoms with Gasteiger partial charge < -0.3 is 29.0 Å². The first-order chi connectivity index (χ1) is 19.0. The van der Waals surface area contributed by atoms with E-state index in [-0.39, 0.29) is 24.7 Å². The van der Waals surface area contributed by atoms with Crippen molar-refractivity contribution in [2.75, 3.05) is 13.2 Å². The molecule has 3 rings (SSSR count). The number of aliphatic hydroxyl groups excluding tert-OH is 2. The fourth-order valence-electron chi connectivity index (χ4n) is 3.95. The standard InChI is InChI=1S/C23H31N6O10P/c1-4-36-21(33)16(12-14(2)3)29(39-15-8-6-5-7-9-15)40(35)37-13-23(26-27-24)19(32)18(31)20(38-23)28-11-10-17(30)25-22(28)34/h5-11,14,16,18-20,31-32,40H,4,12-13H2,1-3H3,(H,25,30,34)/t16?,18-,19+,20-,23-/m1/s1. The number of ether oxygens (including phenoxy) is 2. The molecular weight excluding hydrogens is 551 g/mol. The summed E-state index contributed by atoms with van der Waals surface area (Å²) in [6.07, 6.45) is -4.21. The Morgan fingerprint density at radius 2 is 2.00 bits per heavy atom. The molecule has 2 unspecified atom stereocenters. The summed E-state index contributed by atoms with van der Waals surface area (Å²) in [5.41, 5.74) is 5.14. The number of azide groups is 1. The lowest BCUT2D eigenvalue weighted by atomic mass is 10.0. The lowest BCUT2D eigenvalue weighted by molar-refractivity contribution is -0.157. The van der Waals surface area contributed by atoms with Gasteiger partial charge in [-0.05, 0) is 36.9 Å². The molecule has 17 heteroatoms. The Morgan fingerprint density at radius 3 is 2.60 bits per heavy atom. The monoisotopic (exact) mass is 582 g/mol. The van der Waals surface area contributed by atoms with Crippen molar-refractivity contribution < 1.29 is 38.4 Å². The van der Waals surface area contributed by atoms with Crippen LogP contribution in [0.15, 0.2) is 57.3 Å². The fraction of sp³-hybridized carbons (Fsp3) is 0.522. The van der Waals surface area contributed by atoms with E-state index >= 15 is 0 Å². The first-order valence-corrected chi connectivity index (χ1v) is 13.6. The number of benzene rings is 1. The van der Waals surface area contributed by atoms with Gasteiger partial charge in [0, 0.05) is 17.2 Å². The van der Waals surface area contributed by atoms with Crippen molar-refractivity contribution in [2.24, 2.45) is 11.0 Å². The molecule has 1 aromatic carbocycles. The highest BCUT2D eigenvalue weighted by Crippen LogP contribution is 2.42. The molecule has 0 amide bonds. The highest BCUT2D eigenvalue weighted by atomic mass is 31.1. The molecule has 1 saturated heterocycles. The van der Waals surface area contributed by atoms with Crippen molar-refractivity contribution >= 4 is 14.1 Å². The maximum atomic E-state index is 13.5. The third-order valence-electron chi connectivity index (χ3n) is 5.81. The Kier molecular flexibility index (Phi) is 10.7. The molecule has 1 aromatic heterocycles. The first-order valence-electron chi connectivity index (χ1n) is 12.3. The quantitative estimate of drug-likeness (QED) is 0.0767. The van der Waals surface area contributed by atoms with E-state index in [1.807, 2.05) is 18.8 Å². The van der Waals surface area contributed by atoms with Crippen molar-refractivity contribution in [1.29, 1.82) is 0 Å². The van der Waals surface area contributed by atoms with Gasteiger partial charge in [-0.1, -0.05) is 42.0 Å². The number of esters is 1. The Balaban J connectivity index is 1.92.